The molecule has 1 aromatic carbocycles. The van der Waals surface area contributed by atoms with E-state index in [0.717, 1.165) is 22.2 Å². The topological polar surface area (TPSA) is 49.3 Å². The predicted octanol–water partition coefficient (Wildman–Crippen LogP) is 3.38. The van der Waals surface area contributed by atoms with Crippen LogP contribution in [-0.2, 0) is 4.79 Å². The first kappa shape index (κ1) is 14.9. The van der Waals surface area contributed by atoms with Gasteiger partial charge in [0.2, 0.25) is 0 Å². The fourth-order valence-corrected chi connectivity index (χ4v) is 3.69. The summed E-state index contributed by atoms with van der Waals surface area (Å²) >= 11 is 5.01. The van der Waals surface area contributed by atoms with Crippen LogP contribution in [0, 0.1) is 5.92 Å². The van der Waals surface area contributed by atoms with E-state index in [9.17, 15) is 9.90 Å². The number of thioether (sulfide) groups is 1. The second kappa shape index (κ2) is 6.29. The van der Waals surface area contributed by atoms with E-state index in [-0.39, 0.29) is 5.92 Å². The van der Waals surface area contributed by atoms with Crippen LogP contribution in [0.2, 0.25) is 0 Å². The zero-order valence-electron chi connectivity index (χ0n) is 10.9. The van der Waals surface area contributed by atoms with Crippen LogP contribution in [0.5, 0.6) is 0 Å². The third kappa shape index (κ3) is 3.52. The zero-order chi connectivity index (χ0) is 13.9. The maximum absolute atomic E-state index is 11.7. The third-order valence-corrected chi connectivity index (χ3v) is 5.16. The molecule has 2 N–H and O–H groups in total. The number of benzene rings is 1. The smallest absolute Gasteiger partial charge is 0.325 e. The molecule has 0 radical (unpaired) electrons. The molecule has 1 aromatic rings. The van der Waals surface area contributed by atoms with E-state index in [1.54, 1.807) is 11.8 Å². The van der Waals surface area contributed by atoms with Gasteiger partial charge in [-0.15, -0.1) is 11.8 Å². The van der Waals surface area contributed by atoms with Gasteiger partial charge in [0.25, 0.3) is 0 Å². The second-order valence-corrected chi connectivity index (χ2v) is 6.79. The molecule has 104 valence electrons. The van der Waals surface area contributed by atoms with Gasteiger partial charge in [-0.3, -0.25) is 4.79 Å². The number of carbonyl (C=O) groups is 1. The Labute approximate surface area is 126 Å². The fourth-order valence-electron chi connectivity index (χ4n) is 2.24. The SMILES string of the molecule is CCNC(CSc1ccc(Br)cc1)(C(=O)O)C1CC1. The molecule has 3 nitrogen and oxygen atoms in total. The van der Waals surface area contributed by atoms with E-state index in [2.05, 4.69) is 21.2 Å². The Balaban J connectivity index is 2.07. The molecule has 5 heteroatoms. The van der Waals surface area contributed by atoms with Gasteiger partial charge in [0.05, 0.1) is 0 Å². The lowest BCUT2D eigenvalue weighted by Gasteiger charge is -2.30. The molecule has 1 fully saturated rings. The lowest BCUT2D eigenvalue weighted by Crippen LogP contribution is -2.56. The molecule has 0 aliphatic heterocycles. The molecule has 0 heterocycles. The van der Waals surface area contributed by atoms with Crippen LogP contribution in [0.1, 0.15) is 19.8 Å². The summed E-state index contributed by atoms with van der Waals surface area (Å²) in [6.07, 6.45) is 2.03. The quantitative estimate of drug-likeness (QED) is 0.745. The Hall–Kier alpha value is -0.520. The van der Waals surface area contributed by atoms with Gasteiger partial charge in [-0.2, -0.15) is 0 Å². The molecular weight excluding hydrogens is 326 g/mol. The molecule has 0 aromatic heterocycles. The number of rotatable bonds is 7. The Kier molecular flexibility index (Phi) is 4.92. The minimum Gasteiger partial charge on any atom is -0.480 e. The highest BCUT2D eigenvalue weighted by Crippen LogP contribution is 2.42. The van der Waals surface area contributed by atoms with E-state index in [4.69, 9.17) is 0 Å². The van der Waals surface area contributed by atoms with Crippen LogP contribution in [0.4, 0.5) is 0 Å². The first-order chi connectivity index (χ1) is 9.08. The van der Waals surface area contributed by atoms with Gasteiger partial charge >= 0.3 is 5.97 Å². The summed E-state index contributed by atoms with van der Waals surface area (Å²) in [5.41, 5.74) is -0.771. The second-order valence-electron chi connectivity index (χ2n) is 4.82. The molecule has 1 aliphatic rings. The van der Waals surface area contributed by atoms with Crippen LogP contribution >= 0.6 is 27.7 Å². The Morgan fingerprint density at radius 2 is 2.11 bits per heavy atom. The minimum absolute atomic E-state index is 0.271. The van der Waals surface area contributed by atoms with Gasteiger partial charge in [0.15, 0.2) is 0 Å². The Bertz CT molecular complexity index is 447. The summed E-state index contributed by atoms with van der Waals surface area (Å²) in [7, 11) is 0. The van der Waals surface area contributed by atoms with Gasteiger partial charge in [0, 0.05) is 15.1 Å². The highest BCUT2D eigenvalue weighted by Gasteiger charge is 2.50. The van der Waals surface area contributed by atoms with Gasteiger partial charge in [-0.1, -0.05) is 22.9 Å². The number of carboxylic acids is 1. The number of hydrogen-bond acceptors (Lipinski definition) is 3. The van der Waals surface area contributed by atoms with Crippen LogP contribution in [0.3, 0.4) is 0 Å². The third-order valence-electron chi connectivity index (χ3n) is 3.43. The van der Waals surface area contributed by atoms with Crippen LogP contribution in [-0.4, -0.2) is 28.9 Å². The lowest BCUT2D eigenvalue weighted by atomic mass is 9.96. The average molecular weight is 344 g/mol. The first-order valence-corrected chi connectivity index (χ1v) is 8.23. The van der Waals surface area contributed by atoms with E-state index >= 15 is 0 Å². The number of nitrogens with one attached hydrogen (secondary N) is 1. The first-order valence-electron chi connectivity index (χ1n) is 6.45. The average Bonchev–Trinajstić information content (AvgIpc) is 3.20. The number of hydrogen-bond donors (Lipinski definition) is 2. The molecule has 0 saturated heterocycles. The standard InChI is InChI=1S/C14H18BrNO2S/c1-2-16-14(13(17)18,10-3-4-10)9-19-12-7-5-11(15)6-8-12/h5-8,10,16H,2-4,9H2,1H3,(H,17,18). The van der Waals surface area contributed by atoms with Crippen molar-refractivity contribution in [1.82, 2.24) is 5.32 Å². The van der Waals surface area contributed by atoms with Crippen molar-refractivity contribution in [2.75, 3.05) is 12.3 Å². The Morgan fingerprint density at radius 1 is 1.47 bits per heavy atom. The van der Waals surface area contributed by atoms with Gasteiger partial charge < -0.3 is 10.4 Å². The van der Waals surface area contributed by atoms with Gasteiger partial charge in [0.1, 0.15) is 5.54 Å². The summed E-state index contributed by atoms with van der Waals surface area (Å²) in [6.45, 7) is 2.65. The number of halogens is 1. The van der Waals surface area contributed by atoms with E-state index in [1.807, 2.05) is 31.2 Å². The molecule has 1 atom stereocenters. The monoisotopic (exact) mass is 343 g/mol. The molecule has 1 aliphatic carbocycles. The maximum Gasteiger partial charge on any atom is 0.325 e. The molecule has 0 amide bonds. The van der Waals surface area contributed by atoms with Crippen molar-refractivity contribution >= 4 is 33.7 Å². The summed E-state index contributed by atoms with van der Waals surface area (Å²) in [6, 6.07) is 7.99. The zero-order valence-corrected chi connectivity index (χ0v) is 13.3. The lowest BCUT2D eigenvalue weighted by molar-refractivity contribution is -0.144. The van der Waals surface area contributed by atoms with Crippen molar-refractivity contribution in [1.29, 1.82) is 0 Å². The Morgan fingerprint density at radius 3 is 2.58 bits per heavy atom. The van der Waals surface area contributed by atoms with Crippen LogP contribution in [0.25, 0.3) is 0 Å². The summed E-state index contributed by atoms with van der Waals surface area (Å²) in [4.78, 5) is 12.8. The predicted molar refractivity (Wildman–Crippen MR) is 81.6 cm³/mol. The highest BCUT2D eigenvalue weighted by molar-refractivity contribution is 9.10. The van der Waals surface area contributed by atoms with E-state index in [1.165, 1.54) is 0 Å². The molecule has 1 unspecified atom stereocenters. The molecule has 0 bridgehead atoms. The number of carboxylic acid groups (broad SMARTS) is 1. The normalized spacial score (nSPS) is 18.0. The van der Waals surface area contributed by atoms with Crippen molar-refractivity contribution in [3.63, 3.8) is 0 Å². The molecule has 0 spiro atoms. The van der Waals surface area contributed by atoms with Crippen molar-refractivity contribution in [2.24, 2.45) is 5.92 Å². The summed E-state index contributed by atoms with van der Waals surface area (Å²) in [5, 5.41) is 12.8. The summed E-state index contributed by atoms with van der Waals surface area (Å²) < 4.78 is 1.04. The van der Waals surface area contributed by atoms with Crippen molar-refractivity contribution < 1.29 is 9.90 Å². The minimum atomic E-state index is -0.771. The largest absolute Gasteiger partial charge is 0.480 e. The van der Waals surface area contributed by atoms with Crippen molar-refractivity contribution in [3.8, 4) is 0 Å². The fraction of sp³-hybridized carbons (Fsp3) is 0.500. The van der Waals surface area contributed by atoms with Gasteiger partial charge in [-0.25, -0.2) is 0 Å². The molecule has 2 rings (SSSR count). The number of likely N-dealkylation sites (N-methyl/N-ethyl adjacent to an activating group) is 1. The highest BCUT2D eigenvalue weighted by atomic mass is 79.9. The summed E-state index contributed by atoms with van der Waals surface area (Å²) in [5.74, 6) is 0.122. The maximum atomic E-state index is 11.7. The van der Waals surface area contributed by atoms with Crippen molar-refractivity contribution in [2.45, 2.75) is 30.2 Å². The van der Waals surface area contributed by atoms with E-state index < -0.39 is 11.5 Å². The van der Waals surface area contributed by atoms with Crippen molar-refractivity contribution in [3.05, 3.63) is 28.7 Å². The van der Waals surface area contributed by atoms with Crippen LogP contribution < -0.4 is 5.32 Å². The van der Waals surface area contributed by atoms with E-state index in [0.29, 0.717) is 12.3 Å². The van der Waals surface area contributed by atoms with Crippen LogP contribution in [0.15, 0.2) is 33.6 Å². The number of aliphatic carboxylic acids is 1. The van der Waals surface area contributed by atoms with Gasteiger partial charge in [-0.05, 0) is 49.6 Å². The molecule has 1 saturated carbocycles. The molecule has 19 heavy (non-hydrogen) atoms. The molecular formula is C14H18BrNO2S.